The van der Waals surface area contributed by atoms with E-state index in [4.69, 9.17) is 0 Å². The summed E-state index contributed by atoms with van der Waals surface area (Å²) < 4.78 is 36.6. The predicted octanol–water partition coefficient (Wildman–Crippen LogP) is 3.74. The van der Waals surface area contributed by atoms with E-state index < -0.39 is 12.2 Å². The van der Waals surface area contributed by atoms with Gasteiger partial charge in [-0.2, -0.15) is 13.2 Å². The minimum absolute atomic E-state index is 0.0600. The van der Waals surface area contributed by atoms with Crippen molar-refractivity contribution in [3.63, 3.8) is 0 Å². The number of nitrogens with one attached hydrogen (secondary N) is 1. The van der Waals surface area contributed by atoms with Crippen LogP contribution in [-0.2, 0) is 0 Å². The molecule has 0 aromatic rings. The number of unbranched alkanes of at least 4 members (excludes halogenated alkanes) is 1. The summed E-state index contributed by atoms with van der Waals surface area (Å²) in [7, 11) is 0. The fraction of sp³-hybridized carbons (Fsp3) is 1.00. The van der Waals surface area contributed by atoms with E-state index in [0.717, 1.165) is 26.2 Å². The number of halogens is 3. The van der Waals surface area contributed by atoms with Crippen molar-refractivity contribution in [2.24, 2.45) is 5.41 Å². The molecule has 0 unspecified atom stereocenters. The molecule has 92 valence electrons. The molecule has 0 fully saturated rings. The van der Waals surface area contributed by atoms with Gasteiger partial charge in [-0.15, -0.1) is 0 Å². The summed E-state index contributed by atoms with van der Waals surface area (Å²) in [6.07, 6.45) is -1.03. The van der Waals surface area contributed by atoms with E-state index in [0.29, 0.717) is 6.54 Å². The average molecular weight is 225 g/mol. The smallest absolute Gasteiger partial charge is 0.306 e. The second-order valence-electron chi connectivity index (χ2n) is 4.91. The first-order chi connectivity index (χ1) is 6.69. The van der Waals surface area contributed by atoms with Crippen LogP contribution in [0.25, 0.3) is 0 Å². The first kappa shape index (κ1) is 14.8. The maximum absolute atomic E-state index is 12.2. The maximum Gasteiger partial charge on any atom is 0.403 e. The molecule has 0 spiro atoms. The SMILES string of the molecule is CCCCC(C)(C)CN[C@H](C)C(F)(F)F. The third-order valence-corrected chi connectivity index (χ3v) is 2.58. The number of hydrogen-bond acceptors (Lipinski definition) is 1. The third-order valence-electron chi connectivity index (χ3n) is 2.58. The zero-order chi connectivity index (χ0) is 12.1. The average Bonchev–Trinajstić information content (AvgIpc) is 2.09. The summed E-state index contributed by atoms with van der Waals surface area (Å²) in [6, 6.07) is -1.42. The van der Waals surface area contributed by atoms with Gasteiger partial charge in [0.15, 0.2) is 0 Å². The Morgan fingerprint density at radius 1 is 1.20 bits per heavy atom. The summed E-state index contributed by atoms with van der Waals surface area (Å²) in [6.45, 7) is 7.66. The molecule has 0 aliphatic carbocycles. The van der Waals surface area contributed by atoms with E-state index in [1.807, 2.05) is 13.8 Å². The van der Waals surface area contributed by atoms with Gasteiger partial charge in [0.1, 0.15) is 6.04 Å². The van der Waals surface area contributed by atoms with Crippen LogP contribution in [0.2, 0.25) is 0 Å². The molecule has 0 saturated heterocycles. The summed E-state index contributed by atoms with van der Waals surface area (Å²) in [4.78, 5) is 0. The van der Waals surface area contributed by atoms with Crippen LogP contribution >= 0.6 is 0 Å². The lowest BCUT2D eigenvalue weighted by molar-refractivity contribution is -0.152. The highest BCUT2D eigenvalue weighted by molar-refractivity contribution is 4.76. The van der Waals surface area contributed by atoms with Gasteiger partial charge < -0.3 is 5.32 Å². The first-order valence-electron chi connectivity index (χ1n) is 5.49. The molecule has 0 heterocycles. The van der Waals surface area contributed by atoms with Crippen molar-refractivity contribution in [3.8, 4) is 0 Å². The molecule has 1 atom stereocenters. The first-order valence-corrected chi connectivity index (χ1v) is 5.49. The highest BCUT2D eigenvalue weighted by Gasteiger charge is 2.36. The van der Waals surface area contributed by atoms with Crippen LogP contribution in [0.1, 0.15) is 47.0 Å². The highest BCUT2D eigenvalue weighted by Crippen LogP contribution is 2.24. The van der Waals surface area contributed by atoms with Crippen LogP contribution in [-0.4, -0.2) is 18.8 Å². The Labute approximate surface area is 90.4 Å². The van der Waals surface area contributed by atoms with Gasteiger partial charge in [0, 0.05) is 6.54 Å². The lowest BCUT2D eigenvalue weighted by Gasteiger charge is -2.27. The number of alkyl halides is 3. The molecule has 0 aromatic heterocycles. The van der Waals surface area contributed by atoms with Gasteiger partial charge in [0.25, 0.3) is 0 Å². The minimum Gasteiger partial charge on any atom is -0.306 e. The molecule has 1 N–H and O–H groups in total. The van der Waals surface area contributed by atoms with Crippen molar-refractivity contribution >= 4 is 0 Å². The van der Waals surface area contributed by atoms with E-state index in [1.54, 1.807) is 0 Å². The second kappa shape index (κ2) is 5.73. The van der Waals surface area contributed by atoms with Gasteiger partial charge in [-0.25, -0.2) is 0 Å². The topological polar surface area (TPSA) is 12.0 Å². The molecule has 0 rings (SSSR count). The van der Waals surface area contributed by atoms with E-state index in [2.05, 4.69) is 12.2 Å². The van der Waals surface area contributed by atoms with Crippen molar-refractivity contribution in [2.75, 3.05) is 6.54 Å². The third kappa shape index (κ3) is 6.77. The zero-order valence-corrected chi connectivity index (χ0v) is 10.0. The van der Waals surface area contributed by atoms with Crippen molar-refractivity contribution in [1.29, 1.82) is 0 Å². The fourth-order valence-corrected chi connectivity index (χ4v) is 1.29. The van der Waals surface area contributed by atoms with Crippen molar-refractivity contribution in [3.05, 3.63) is 0 Å². The molecule has 4 heteroatoms. The summed E-state index contributed by atoms with van der Waals surface area (Å²) in [5.74, 6) is 0. The Kier molecular flexibility index (Phi) is 5.63. The van der Waals surface area contributed by atoms with Crippen molar-refractivity contribution in [1.82, 2.24) is 5.32 Å². The number of hydrogen-bond donors (Lipinski definition) is 1. The molecular formula is C11H22F3N. The minimum atomic E-state index is -4.14. The Morgan fingerprint density at radius 3 is 2.13 bits per heavy atom. The molecule has 0 aliphatic heterocycles. The molecule has 0 amide bonds. The molecular weight excluding hydrogens is 203 g/mol. The van der Waals surface area contributed by atoms with Crippen LogP contribution < -0.4 is 5.32 Å². The standard InChI is InChI=1S/C11H22F3N/c1-5-6-7-10(3,4)8-15-9(2)11(12,13)14/h9,15H,5-8H2,1-4H3/t9-/m1/s1. The van der Waals surface area contributed by atoms with E-state index in [9.17, 15) is 13.2 Å². The number of rotatable bonds is 6. The molecule has 0 bridgehead atoms. The Balaban J connectivity index is 3.92. The van der Waals surface area contributed by atoms with Gasteiger partial charge in [0.05, 0.1) is 0 Å². The molecule has 0 radical (unpaired) electrons. The van der Waals surface area contributed by atoms with Gasteiger partial charge in [-0.1, -0.05) is 33.6 Å². The second-order valence-corrected chi connectivity index (χ2v) is 4.91. The molecule has 0 aliphatic rings. The highest BCUT2D eigenvalue weighted by atomic mass is 19.4. The fourth-order valence-electron chi connectivity index (χ4n) is 1.29. The Morgan fingerprint density at radius 2 is 1.73 bits per heavy atom. The van der Waals surface area contributed by atoms with Crippen molar-refractivity contribution < 1.29 is 13.2 Å². The Bertz CT molecular complexity index is 175. The molecule has 1 nitrogen and oxygen atoms in total. The van der Waals surface area contributed by atoms with E-state index in [-0.39, 0.29) is 5.41 Å². The van der Waals surface area contributed by atoms with E-state index >= 15 is 0 Å². The van der Waals surface area contributed by atoms with Crippen LogP contribution in [0.15, 0.2) is 0 Å². The van der Waals surface area contributed by atoms with Gasteiger partial charge >= 0.3 is 6.18 Å². The van der Waals surface area contributed by atoms with Crippen LogP contribution in [0, 0.1) is 5.41 Å². The predicted molar refractivity (Wildman–Crippen MR) is 56.8 cm³/mol. The van der Waals surface area contributed by atoms with Gasteiger partial charge in [0.2, 0.25) is 0 Å². The van der Waals surface area contributed by atoms with Crippen LogP contribution in [0.5, 0.6) is 0 Å². The van der Waals surface area contributed by atoms with E-state index in [1.165, 1.54) is 0 Å². The molecule has 15 heavy (non-hydrogen) atoms. The molecule has 0 saturated carbocycles. The zero-order valence-electron chi connectivity index (χ0n) is 10.0. The van der Waals surface area contributed by atoms with Gasteiger partial charge in [-0.05, 0) is 18.8 Å². The summed E-state index contributed by atoms with van der Waals surface area (Å²) in [5, 5.41) is 2.55. The normalized spacial score (nSPS) is 15.4. The monoisotopic (exact) mass is 225 g/mol. The van der Waals surface area contributed by atoms with Crippen LogP contribution in [0.4, 0.5) is 13.2 Å². The largest absolute Gasteiger partial charge is 0.403 e. The van der Waals surface area contributed by atoms with Crippen LogP contribution in [0.3, 0.4) is 0 Å². The quantitative estimate of drug-likeness (QED) is 0.726. The van der Waals surface area contributed by atoms with Gasteiger partial charge in [-0.3, -0.25) is 0 Å². The summed E-state index contributed by atoms with van der Waals surface area (Å²) >= 11 is 0. The molecule has 0 aromatic carbocycles. The lowest BCUT2D eigenvalue weighted by atomic mass is 9.87. The Hall–Kier alpha value is -0.250. The lowest BCUT2D eigenvalue weighted by Crippen LogP contribution is -2.43. The maximum atomic E-state index is 12.2. The summed E-state index contributed by atoms with van der Waals surface area (Å²) in [5.41, 5.74) is -0.0600. The van der Waals surface area contributed by atoms with Crippen molar-refractivity contribution in [2.45, 2.75) is 59.2 Å².